The molecule has 0 bridgehead atoms. The summed E-state index contributed by atoms with van der Waals surface area (Å²) in [4.78, 5) is 0. The topological polar surface area (TPSA) is 12.0 Å². The summed E-state index contributed by atoms with van der Waals surface area (Å²) in [7, 11) is 0. The lowest BCUT2D eigenvalue weighted by Gasteiger charge is -2.33. The Kier molecular flexibility index (Phi) is 3.48. The van der Waals surface area contributed by atoms with Gasteiger partial charge in [0.05, 0.1) is 0 Å². The third-order valence-corrected chi connectivity index (χ3v) is 4.40. The summed E-state index contributed by atoms with van der Waals surface area (Å²) >= 11 is 0. The zero-order valence-corrected chi connectivity index (χ0v) is 9.76. The SMILES string of the molecule is C[C@H]1CCCC[C@H]1N[C@@H]1CCC[C@@H]1C. The van der Waals surface area contributed by atoms with E-state index in [2.05, 4.69) is 19.2 Å². The minimum Gasteiger partial charge on any atom is -0.311 e. The molecular weight excluding hydrogens is 170 g/mol. The van der Waals surface area contributed by atoms with Crippen LogP contribution in [-0.2, 0) is 0 Å². The molecule has 0 saturated heterocycles. The van der Waals surface area contributed by atoms with E-state index in [9.17, 15) is 0 Å². The van der Waals surface area contributed by atoms with Crippen LogP contribution < -0.4 is 5.32 Å². The van der Waals surface area contributed by atoms with Crippen molar-refractivity contribution < 1.29 is 0 Å². The second kappa shape index (κ2) is 4.65. The average molecular weight is 195 g/mol. The van der Waals surface area contributed by atoms with Crippen molar-refractivity contribution in [1.82, 2.24) is 5.32 Å². The Morgan fingerprint density at radius 2 is 1.21 bits per heavy atom. The highest BCUT2D eigenvalue weighted by Gasteiger charge is 2.28. The molecule has 14 heavy (non-hydrogen) atoms. The van der Waals surface area contributed by atoms with E-state index in [1.54, 1.807) is 0 Å². The first-order valence-electron chi connectivity index (χ1n) is 6.53. The lowest BCUT2D eigenvalue weighted by molar-refractivity contribution is 0.243. The van der Waals surface area contributed by atoms with Crippen molar-refractivity contribution in [2.75, 3.05) is 0 Å². The molecule has 4 atom stereocenters. The van der Waals surface area contributed by atoms with E-state index in [-0.39, 0.29) is 0 Å². The van der Waals surface area contributed by atoms with Gasteiger partial charge in [0.25, 0.3) is 0 Å². The number of rotatable bonds is 2. The Hall–Kier alpha value is -0.0400. The van der Waals surface area contributed by atoms with Gasteiger partial charge >= 0.3 is 0 Å². The summed E-state index contributed by atoms with van der Waals surface area (Å²) in [6, 6.07) is 1.66. The first-order chi connectivity index (χ1) is 6.77. The fraction of sp³-hybridized carbons (Fsp3) is 1.00. The Labute approximate surface area is 88.7 Å². The molecule has 1 nitrogen and oxygen atoms in total. The van der Waals surface area contributed by atoms with Gasteiger partial charge in [-0.1, -0.05) is 33.1 Å². The molecule has 0 aromatic carbocycles. The van der Waals surface area contributed by atoms with Crippen LogP contribution in [-0.4, -0.2) is 12.1 Å². The molecule has 2 rings (SSSR count). The van der Waals surface area contributed by atoms with Crippen molar-refractivity contribution in [3.8, 4) is 0 Å². The van der Waals surface area contributed by atoms with Gasteiger partial charge in [0, 0.05) is 12.1 Å². The van der Waals surface area contributed by atoms with Gasteiger partial charge in [-0.2, -0.15) is 0 Å². The smallest absolute Gasteiger partial charge is 0.00953 e. The van der Waals surface area contributed by atoms with Gasteiger partial charge < -0.3 is 5.32 Å². The van der Waals surface area contributed by atoms with Crippen molar-refractivity contribution in [2.24, 2.45) is 11.8 Å². The number of nitrogens with one attached hydrogen (secondary N) is 1. The molecule has 2 aliphatic carbocycles. The minimum absolute atomic E-state index is 0.828. The second-order valence-corrected chi connectivity index (χ2v) is 5.55. The lowest BCUT2D eigenvalue weighted by atomic mass is 9.85. The van der Waals surface area contributed by atoms with E-state index >= 15 is 0 Å². The molecule has 0 unspecified atom stereocenters. The van der Waals surface area contributed by atoms with Crippen molar-refractivity contribution in [2.45, 2.75) is 70.9 Å². The first-order valence-corrected chi connectivity index (χ1v) is 6.53. The van der Waals surface area contributed by atoms with Crippen LogP contribution in [0.5, 0.6) is 0 Å². The predicted octanol–water partition coefficient (Wildman–Crippen LogP) is 3.34. The van der Waals surface area contributed by atoms with Crippen LogP contribution in [0.25, 0.3) is 0 Å². The van der Waals surface area contributed by atoms with Crippen LogP contribution in [0.15, 0.2) is 0 Å². The molecule has 2 saturated carbocycles. The zero-order valence-electron chi connectivity index (χ0n) is 9.76. The summed E-state index contributed by atoms with van der Waals surface area (Å²) < 4.78 is 0. The minimum atomic E-state index is 0.828. The highest BCUT2D eigenvalue weighted by Crippen LogP contribution is 2.29. The van der Waals surface area contributed by atoms with Crippen LogP contribution in [0.3, 0.4) is 0 Å². The summed E-state index contributed by atoms with van der Waals surface area (Å²) in [6.45, 7) is 4.84. The second-order valence-electron chi connectivity index (χ2n) is 5.55. The van der Waals surface area contributed by atoms with E-state index < -0.39 is 0 Å². The molecule has 0 heterocycles. The van der Waals surface area contributed by atoms with E-state index in [1.807, 2.05) is 0 Å². The predicted molar refractivity (Wildman–Crippen MR) is 61.4 cm³/mol. The lowest BCUT2D eigenvalue weighted by Crippen LogP contribution is -2.44. The molecule has 0 aromatic heterocycles. The average Bonchev–Trinajstić information content (AvgIpc) is 2.56. The Balaban J connectivity index is 1.83. The Bertz CT molecular complexity index is 178. The van der Waals surface area contributed by atoms with Gasteiger partial charge in [-0.15, -0.1) is 0 Å². The van der Waals surface area contributed by atoms with Crippen LogP contribution in [0.4, 0.5) is 0 Å². The fourth-order valence-electron chi connectivity index (χ4n) is 3.23. The van der Waals surface area contributed by atoms with E-state index in [0.717, 1.165) is 23.9 Å². The highest BCUT2D eigenvalue weighted by atomic mass is 15.0. The fourth-order valence-corrected chi connectivity index (χ4v) is 3.23. The molecule has 1 heteroatoms. The van der Waals surface area contributed by atoms with Gasteiger partial charge in [-0.25, -0.2) is 0 Å². The molecule has 1 N–H and O–H groups in total. The Morgan fingerprint density at radius 1 is 0.714 bits per heavy atom. The third kappa shape index (κ3) is 2.31. The summed E-state index contributed by atoms with van der Waals surface area (Å²) in [5.74, 6) is 1.83. The van der Waals surface area contributed by atoms with Crippen molar-refractivity contribution in [3.05, 3.63) is 0 Å². The van der Waals surface area contributed by atoms with Crippen LogP contribution >= 0.6 is 0 Å². The number of hydrogen-bond acceptors (Lipinski definition) is 1. The third-order valence-electron chi connectivity index (χ3n) is 4.40. The molecule has 0 amide bonds. The normalized spacial score (nSPS) is 44.1. The maximum atomic E-state index is 3.92. The van der Waals surface area contributed by atoms with Gasteiger partial charge in [0.2, 0.25) is 0 Å². The van der Waals surface area contributed by atoms with Crippen LogP contribution in [0.1, 0.15) is 58.8 Å². The van der Waals surface area contributed by atoms with Crippen molar-refractivity contribution in [1.29, 1.82) is 0 Å². The van der Waals surface area contributed by atoms with Gasteiger partial charge in [0.15, 0.2) is 0 Å². The maximum Gasteiger partial charge on any atom is 0.00953 e. The van der Waals surface area contributed by atoms with Crippen LogP contribution in [0, 0.1) is 11.8 Å². The van der Waals surface area contributed by atoms with Gasteiger partial charge in [-0.05, 0) is 37.5 Å². The van der Waals surface area contributed by atoms with E-state index in [1.165, 1.54) is 44.9 Å². The molecule has 0 spiro atoms. The summed E-state index contributed by atoms with van der Waals surface area (Å²) in [5.41, 5.74) is 0. The highest BCUT2D eigenvalue weighted by molar-refractivity contribution is 4.86. The molecule has 0 aromatic rings. The Morgan fingerprint density at radius 3 is 1.71 bits per heavy atom. The van der Waals surface area contributed by atoms with Crippen molar-refractivity contribution >= 4 is 0 Å². The van der Waals surface area contributed by atoms with Crippen molar-refractivity contribution in [3.63, 3.8) is 0 Å². The first kappa shape index (κ1) is 10.5. The van der Waals surface area contributed by atoms with Gasteiger partial charge in [0.1, 0.15) is 0 Å². The molecular formula is C13H25N. The molecule has 0 radical (unpaired) electrons. The molecule has 2 fully saturated rings. The zero-order chi connectivity index (χ0) is 9.97. The summed E-state index contributed by atoms with van der Waals surface area (Å²) in [5, 5.41) is 3.92. The summed E-state index contributed by atoms with van der Waals surface area (Å²) in [6.07, 6.45) is 10.1. The molecule has 0 aliphatic heterocycles. The quantitative estimate of drug-likeness (QED) is 0.712. The van der Waals surface area contributed by atoms with E-state index in [0.29, 0.717) is 0 Å². The standard InChI is InChI=1S/C13H25N/c1-10-6-3-4-8-12(10)14-13-9-5-7-11(13)2/h10-14H,3-9H2,1-2H3/t10-,11-,12+,13+/m0/s1. The maximum absolute atomic E-state index is 3.92. The van der Waals surface area contributed by atoms with E-state index in [4.69, 9.17) is 0 Å². The van der Waals surface area contributed by atoms with Crippen LogP contribution in [0.2, 0.25) is 0 Å². The van der Waals surface area contributed by atoms with Gasteiger partial charge in [-0.3, -0.25) is 0 Å². The number of hydrogen-bond donors (Lipinski definition) is 1. The monoisotopic (exact) mass is 195 g/mol. The molecule has 82 valence electrons. The largest absolute Gasteiger partial charge is 0.311 e. The molecule has 2 aliphatic rings.